The van der Waals surface area contributed by atoms with Crippen molar-refractivity contribution in [2.24, 2.45) is 0 Å². The number of carbonyl (C=O) groups is 2. The van der Waals surface area contributed by atoms with E-state index in [2.05, 4.69) is 27.7 Å². The normalized spacial score (nSPS) is 10.3. The molecule has 0 rings (SSSR count). The number of unbranched alkanes of at least 4 members (excludes halogenated alkanes) is 28. The second-order valence-electron chi connectivity index (χ2n) is 13.6. The molecule has 0 spiro atoms. The Morgan fingerprint density at radius 2 is 0.553 bits per heavy atom. The van der Waals surface area contributed by atoms with Gasteiger partial charge in [0.25, 0.3) is 0 Å². The van der Waals surface area contributed by atoms with Crippen LogP contribution in [0.15, 0.2) is 0 Å². The van der Waals surface area contributed by atoms with Crippen LogP contribution in [-0.2, 0) is 26.4 Å². The number of halogens is 1. The van der Waals surface area contributed by atoms with Crippen LogP contribution in [0.1, 0.15) is 233 Å². The number of carboxylic acids is 2. The van der Waals surface area contributed by atoms with Crippen LogP contribution in [0.3, 0.4) is 0 Å². The van der Waals surface area contributed by atoms with Crippen LogP contribution in [0.25, 0.3) is 0 Å². The largest absolute Gasteiger partial charge is 2.00 e. The van der Waals surface area contributed by atoms with E-state index < -0.39 is 25.2 Å². The van der Waals surface area contributed by atoms with E-state index in [1.54, 1.807) is 0 Å². The van der Waals surface area contributed by atoms with Gasteiger partial charge in [0.05, 0.1) is 0 Å². The van der Waals surface area contributed by atoms with Crippen LogP contribution >= 0.6 is 10.0 Å². The standard InChI is InChI=1S/2C18H36O2.2C2H5.Al.ClH.Co/c2*1-2-3-4-5-6-7-8-9-10-11-12-13-14-15-16-17-18(19)20;2*1-2;;;/h2*2-17H2,1H3,(H,19,20);2*1H2,2H3;;1H;/q;;;;+1;;+2/p-3. The van der Waals surface area contributed by atoms with Crippen molar-refractivity contribution >= 4 is 35.2 Å². The summed E-state index contributed by atoms with van der Waals surface area (Å²) in [5.41, 5.74) is 0. The van der Waals surface area contributed by atoms with Gasteiger partial charge in [0, 0.05) is 11.9 Å². The van der Waals surface area contributed by atoms with Gasteiger partial charge in [-0.25, -0.2) is 0 Å². The molecule has 0 N–H and O–H groups in total. The van der Waals surface area contributed by atoms with Crippen molar-refractivity contribution in [2.75, 3.05) is 0 Å². The van der Waals surface area contributed by atoms with Crippen LogP contribution in [0.4, 0.5) is 0 Å². The number of carbonyl (C=O) groups excluding carboxylic acids is 2. The first kappa shape index (κ1) is 54.1. The molecule has 0 aromatic heterocycles. The summed E-state index contributed by atoms with van der Waals surface area (Å²) in [6.45, 7) is 8.85. The molecule has 4 nitrogen and oxygen atoms in total. The minimum Gasteiger partial charge on any atom is -0.550 e. The molecular formula is C40H80AlClCoO4. The minimum absolute atomic E-state index is 0. The van der Waals surface area contributed by atoms with Crippen molar-refractivity contribution in [2.45, 2.75) is 244 Å². The van der Waals surface area contributed by atoms with Gasteiger partial charge in [-0.15, -0.1) is 0 Å². The predicted octanol–water partition coefficient (Wildman–Crippen LogP) is 12.2. The summed E-state index contributed by atoms with van der Waals surface area (Å²) in [6.07, 6.45) is 39.7. The Kier molecular flexibility index (Phi) is 58.2. The van der Waals surface area contributed by atoms with Crippen molar-refractivity contribution < 1.29 is 36.6 Å². The number of hydrogen-bond acceptors (Lipinski definition) is 4. The fourth-order valence-corrected chi connectivity index (χ4v) is 6.15. The zero-order valence-electron chi connectivity index (χ0n) is 32.0. The molecule has 0 aromatic carbocycles. The molecule has 0 aliphatic carbocycles. The fraction of sp³-hybridized carbons (Fsp3) is 0.950. The van der Waals surface area contributed by atoms with Crippen LogP contribution in [-0.4, -0.2) is 25.2 Å². The molecule has 7 heteroatoms. The second kappa shape index (κ2) is 50.6. The Morgan fingerprint density at radius 1 is 0.383 bits per heavy atom. The first-order valence-corrected chi connectivity index (χ1v) is 23.8. The van der Waals surface area contributed by atoms with E-state index in [1.807, 2.05) is 0 Å². The molecule has 0 amide bonds. The summed E-state index contributed by atoms with van der Waals surface area (Å²) < 4.78 is 0. The van der Waals surface area contributed by atoms with Gasteiger partial charge in [0.1, 0.15) is 0 Å². The van der Waals surface area contributed by atoms with E-state index in [0.717, 1.165) is 25.7 Å². The Labute approximate surface area is 313 Å². The summed E-state index contributed by atoms with van der Waals surface area (Å²) in [5, 5.41) is 22.9. The quantitative estimate of drug-likeness (QED) is 0.0485. The SMILES string of the molecule is CCCCCCCCCCCCCCCCCC(=O)[O-].CCCCCCCCCCCCCCCCCC(=O)[O-].C[CH2][Al]([Cl])[CH2]C.[Co+2]. The maximum atomic E-state index is 10.2. The molecule has 0 unspecified atom stereocenters. The molecule has 0 saturated carbocycles. The van der Waals surface area contributed by atoms with Crippen LogP contribution in [0.2, 0.25) is 10.6 Å². The maximum absolute atomic E-state index is 10.2. The Balaban J connectivity index is -0.000000329. The van der Waals surface area contributed by atoms with Crippen LogP contribution in [0, 0.1) is 0 Å². The summed E-state index contributed by atoms with van der Waals surface area (Å²) in [7, 11) is 5.79. The molecule has 0 bridgehead atoms. The van der Waals surface area contributed by atoms with E-state index in [-0.39, 0.29) is 29.6 Å². The molecule has 0 fully saturated rings. The van der Waals surface area contributed by atoms with E-state index in [9.17, 15) is 19.8 Å². The molecular weight excluding hydrogens is 666 g/mol. The van der Waals surface area contributed by atoms with Crippen molar-refractivity contribution in [3.05, 3.63) is 0 Å². The van der Waals surface area contributed by atoms with Crippen molar-refractivity contribution in [3.8, 4) is 0 Å². The van der Waals surface area contributed by atoms with Gasteiger partial charge in [-0.2, -0.15) is 0 Å². The molecule has 47 heavy (non-hydrogen) atoms. The first-order chi connectivity index (χ1) is 22.3. The molecule has 0 aromatic rings. The first-order valence-electron chi connectivity index (χ1n) is 20.4. The monoisotopic (exact) mass is 745 g/mol. The third-order valence-corrected chi connectivity index (χ3v) is 12.5. The maximum Gasteiger partial charge on any atom is 2.00 e. The summed E-state index contributed by atoms with van der Waals surface area (Å²) >= 11 is -0.688. The topological polar surface area (TPSA) is 80.3 Å². The minimum atomic E-state index is -0.903. The summed E-state index contributed by atoms with van der Waals surface area (Å²) in [4.78, 5) is 20.4. The van der Waals surface area contributed by atoms with Crippen molar-refractivity contribution in [1.82, 2.24) is 0 Å². The Hall–Kier alpha value is 0.269. The van der Waals surface area contributed by atoms with Crippen LogP contribution in [0.5, 0.6) is 0 Å². The fourth-order valence-electron chi connectivity index (χ4n) is 5.57. The van der Waals surface area contributed by atoms with Gasteiger partial charge in [-0.05, 0) is 25.7 Å². The average Bonchev–Trinajstić information content (AvgIpc) is 3.04. The third kappa shape index (κ3) is 61.9. The van der Waals surface area contributed by atoms with Gasteiger partial charge in [-0.3, -0.25) is 10.0 Å². The van der Waals surface area contributed by atoms with Crippen molar-refractivity contribution in [3.63, 3.8) is 0 Å². The van der Waals surface area contributed by atoms with Gasteiger partial charge in [0.2, 0.25) is 0 Å². The van der Waals surface area contributed by atoms with E-state index >= 15 is 0 Å². The zero-order valence-corrected chi connectivity index (χ0v) is 34.9. The molecule has 0 atom stereocenters. The van der Waals surface area contributed by atoms with Crippen molar-refractivity contribution in [1.29, 1.82) is 0 Å². The van der Waals surface area contributed by atoms with Gasteiger partial charge >= 0.3 is 30.0 Å². The molecule has 1 radical (unpaired) electrons. The summed E-state index contributed by atoms with van der Waals surface area (Å²) in [6, 6.07) is 0. The van der Waals surface area contributed by atoms with Gasteiger partial charge < -0.3 is 19.8 Å². The molecule has 0 saturated heterocycles. The molecule has 283 valence electrons. The van der Waals surface area contributed by atoms with Crippen LogP contribution < -0.4 is 10.2 Å². The third-order valence-electron chi connectivity index (χ3n) is 8.85. The Morgan fingerprint density at radius 3 is 0.681 bits per heavy atom. The zero-order chi connectivity index (χ0) is 34.8. The second-order valence-corrected chi connectivity index (χ2v) is 18.2. The molecule has 0 aliphatic rings. The number of hydrogen-bond donors (Lipinski definition) is 0. The van der Waals surface area contributed by atoms with E-state index in [0.29, 0.717) is 0 Å². The number of rotatable bonds is 34. The smallest absolute Gasteiger partial charge is 0.550 e. The average molecular weight is 746 g/mol. The van der Waals surface area contributed by atoms with Gasteiger partial charge in [-0.1, -0.05) is 218 Å². The summed E-state index contributed by atoms with van der Waals surface area (Å²) in [5.74, 6) is -1.81. The Bertz CT molecular complexity index is 534. The number of aliphatic carboxylic acids is 2. The molecule has 0 heterocycles. The predicted molar refractivity (Wildman–Crippen MR) is 202 cm³/mol. The molecule has 0 aliphatic heterocycles. The van der Waals surface area contributed by atoms with E-state index in [1.165, 1.54) is 178 Å². The number of carboxylic acid groups (broad SMARTS) is 2. The van der Waals surface area contributed by atoms with E-state index in [4.69, 9.17) is 10.0 Å². The van der Waals surface area contributed by atoms with Gasteiger partial charge in [0.15, 0.2) is 0 Å².